The molecule has 1 aliphatic rings. The highest BCUT2D eigenvalue weighted by Gasteiger charge is 2.23. The van der Waals surface area contributed by atoms with Crippen molar-refractivity contribution in [3.63, 3.8) is 0 Å². The van der Waals surface area contributed by atoms with Gasteiger partial charge in [-0.1, -0.05) is 12.1 Å². The van der Waals surface area contributed by atoms with Gasteiger partial charge in [0.05, 0.1) is 5.92 Å². The monoisotopic (exact) mass is 261 g/mol. The van der Waals surface area contributed by atoms with Crippen molar-refractivity contribution in [2.24, 2.45) is 5.84 Å². The lowest BCUT2D eigenvalue weighted by molar-refractivity contribution is -0.131. The summed E-state index contributed by atoms with van der Waals surface area (Å²) in [5.41, 5.74) is 2.98. The van der Waals surface area contributed by atoms with E-state index in [1.807, 2.05) is 25.1 Å². The molecule has 0 saturated heterocycles. The van der Waals surface area contributed by atoms with Crippen LogP contribution in [0.25, 0.3) is 0 Å². The molecule has 0 saturated carbocycles. The summed E-state index contributed by atoms with van der Waals surface area (Å²) in [6, 6.07) is 5.80. The molecule has 2 amide bonds. The van der Waals surface area contributed by atoms with Crippen LogP contribution in [0, 0.1) is 0 Å². The predicted molar refractivity (Wildman–Crippen MR) is 73.5 cm³/mol. The van der Waals surface area contributed by atoms with Gasteiger partial charge in [0.15, 0.2) is 0 Å². The van der Waals surface area contributed by atoms with Crippen LogP contribution in [-0.2, 0) is 16.0 Å². The number of nitrogens with two attached hydrogens (primary N) is 1. The molecule has 1 aromatic rings. The number of likely N-dealkylation sites (N-methyl/N-ethyl adjacent to an activating group) is 1. The molecule has 0 bridgehead atoms. The molecule has 2 N–H and O–H groups in total. The first kappa shape index (κ1) is 13.5. The molecular formula is C14H19N3O2. The maximum atomic E-state index is 11.9. The van der Waals surface area contributed by atoms with Crippen LogP contribution >= 0.6 is 0 Å². The third kappa shape index (κ3) is 2.46. The Hall–Kier alpha value is -1.88. The van der Waals surface area contributed by atoms with Crippen LogP contribution in [0.4, 0.5) is 5.69 Å². The maximum Gasteiger partial charge on any atom is 0.243 e. The number of fused-ring (bicyclic) bond motifs is 1. The van der Waals surface area contributed by atoms with E-state index in [9.17, 15) is 9.59 Å². The smallest absolute Gasteiger partial charge is 0.243 e. The van der Waals surface area contributed by atoms with Crippen LogP contribution in [0.3, 0.4) is 0 Å². The van der Waals surface area contributed by atoms with Gasteiger partial charge in [-0.15, -0.1) is 0 Å². The summed E-state index contributed by atoms with van der Waals surface area (Å²) in [6.45, 7) is 1.84. The van der Waals surface area contributed by atoms with E-state index in [1.165, 1.54) is 0 Å². The van der Waals surface area contributed by atoms with Crippen molar-refractivity contribution >= 4 is 17.5 Å². The SMILES string of the molecule is CC(C(=O)N(C)N)c1ccc2c(c1)CCC(=O)N2C. The maximum absolute atomic E-state index is 11.9. The van der Waals surface area contributed by atoms with Gasteiger partial charge in [0.1, 0.15) is 0 Å². The van der Waals surface area contributed by atoms with Crippen LogP contribution in [-0.4, -0.2) is 30.9 Å². The highest BCUT2D eigenvalue weighted by Crippen LogP contribution is 2.30. The molecule has 0 radical (unpaired) electrons. The van der Waals surface area contributed by atoms with Gasteiger partial charge in [-0.3, -0.25) is 14.6 Å². The molecular weight excluding hydrogens is 242 g/mol. The van der Waals surface area contributed by atoms with Gasteiger partial charge in [0, 0.05) is 26.2 Å². The van der Waals surface area contributed by atoms with Gasteiger partial charge < -0.3 is 4.90 Å². The molecule has 5 heteroatoms. The lowest BCUT2D eigenvalue weighted by Crippen LogP contribution is -2.36. The molecule has 102 valence electrons. The number of amides is 2. The van der Waals surface area contributed by atoms with Crippen molar-refractivity contribution in [2.45, 2.75) is 25.7 Å². The lowest BCUT2D eigenvalue weighted by Gasteiger charge is -2.27. The Morgan fingerprint density at radius 2 is 2.11 bits per heavy atom. The summed E-state index contributed by atoms with van der Waals surface area (Å²) in [5, 5.41) is 1.11. The topological polar surface area (TPSA) is 66.6 Å². The summed E-state index contributed by atoms with van der Waals surface area (Å²) in [7, 11) is 3.33. The minimum atomic E-state index is -0.275. The van der Waals surface area contributed by atoms with E-state index in [-0.39, 0.29) is 17.7 Å². The van der Waals surface area contributed by atoms with Crippen LogP contribution in [0.5, 0.6) is 0 Å². The fourth-order valence-corrected chi connectivity index (χ4v) is 2.39. The molecule has 0 spiro atoms. The minimum absolute atomic E-state index is 0.125. The minimum Gasteiger partial charge on any atom is -0.315 e. The lowest BCUT2D eigenvalue weighted by atomic mass is 9.93. The fourth-order valence-electron chi connectivity index (χ4n) is 2.39. The first-order chi connectivity index (χ1) is 8.91. The molecule has 1 atom stereocenters. The van der Waals surface area contributed by atoms with Crippen LogP contribution in [0.2, 0.25) is 0 Å². The molecule has 19 heavy (non-hydrogen) atoms. The quantitative estimate of drug-likeness (QED) is 0.491. The average molecular weight is 261 g/mol. The number of rotatable bonds is 2. The molecule has 1 aromatic carbocycles. The van der Waals surface area contributed by atoms with E-state index < -0.39 is 0 Å². The second-order valence-electron chi connectivity index (χ2n) is 5.01. The van der Waals surface area contributed by atoms with Gasteiger partial charge in [-0.2, -0.15) is 0 Å². The van der Waals surface area contributed by atoms with Crippen molar-refractivity contribution in [1.29, 1.82) is 0 Å². The van der Waals surface area contributed by atoms with E-state index in [1.54, 1.807) is 19.0 Å². The van der Waals surface area contributed by atoms with Crippen molar-refractivity contribution in [3.05, 3.63) is 29.3 Å². The fraction of sp³-hybridized carbons (Fsp3) is 0.429. The average Bonchev–Trinajstić information content (AvgIpc) is 2.40. The Morgan fingerprint density at radius 3 is 2.74 bits per heavy atom. The van der Waals surface area contributed by atoms with E-state index in [0.717, 1.165) is 28.2 Å². The first-order valence-electron chi connectivity index (χ1n) is 6.33. The zero-order valence-electron chi connectivity index (χ0n) is 11.5. The first-order valence-corrected chi connectivity index (χ1v) is 6.33. The zero-order valence-corrected chi connectivity index (χ0v) is 11.5. The number of benzene rings is 1. The molecule has 0 fully saturated rings. The van der Waals surface area contributed by atoms with Crippen molar-refractivity contribution < 1.29 is 9.59 Å². The second kappa shape index (κ2) is 5.01. The summed E-state index contributed by atoms with van der Waals surface area (Å²) in [5.74, 6) is 5.21. The Labute approximate surface area is 112 Å². The number of carbonyl (C=O) groups is 2. The van der Waals surface area contributed by atoms with E-state index in [4.69, 9.17) is 5.84 Å². The predicted octanol–water partition coefficient (Wildman–Crippen LogP) is 1.03. The third-order valence-electron chi connectivity index (χ3n) is 3.67. The van der Waals surface area contributed by atoms with E-state index >= 15 is 0 Å². The van der Waals surface area contributed by atoms with Crippen molar-refractivity contribution in [1.82, 2.24) is 5.01 Å². The number of aryl methyl sites for hydroxylation is 1. The summed E-state index contributed by atoms with van der Waals surface area (Å²) in [6.07, 6.45) is 1.25. The van der Waals surface area contributed by atoms with Crippen LogP contribution < -0.4 is 10.7 Å². The Balaban J connectivity index is 2.32. The van der Waals surface area contributed by atoms with Crippen LogP contribution in [0.1, 0.15) is 30.4 Å². The Bertz CT molecular complexity index is 525. The largest absolute Gasteiger partial charge is 0.315 e. The van der Waals surface area contributed by atoms with Gasteiger partial charge >= 0.3 is 0 Å². The zero-order chi connectivity index (χ0) is 14.2. The van der Waals surface area contributed by atoms with Crippen molar-refractivity contribution in [3.8, 4) is 0 Å². The van der Waals surface area contributed by atoms with Gasteiger partial charge in [-0.05, 0) is 30.5 Å². The number of hydrazine groups is 1. The number of carbonyl (C=O) groups excluding carboxylic acids is 2. The Kier molecular flexibility index (Phi) is 3.57. The molecule has 1 unspecified atom stereocenters. The van der Waals surface area contributed by atoms with Crippen molar-refractivity contribution in [2.75, 3.05) is 19.0 Å². The van der Waals surface area contributed by atoms with E-state index in [2.05, 4.69) is 0 Å². The summed E-state index contributed by atoms with van der Waals surface area (Å²) < 4.78 is 0. The number of hydrogen-bond donors (Lipinski definition) is 1. The third-order valence-corrected chi connectivity index (χ3v) is 3.67. The molecule has 5 nitrogen and oxygen atoms in total. The van der Waals surface area contributed by atoms with Gasteiger partial charge in [0.2, 0.25) is 11.8 Å². The Morgan fingerprint density at radius 1 is 1.42 bits per heavy atom. The van der Waals surface area contributed by atoms with Gasteiger partial charge in [-0.25, -0.2) is 5.84 Å². The standard InChI is InChI=1S/C14H19N3O2/c1-9(14(19)17(3)15)10-4-6-12-11(8-10)5-7-13(18)16(12)2/h4,6,8-9H,5,7,15H2,1-3H3. The summed E-state index contributed by atoms with van der Waals surface area (Å²) in [4.78, 5) is 25.2. The highest BCUT2D eigenvalue weighted by molar-refractivity contribution is 5.96. The van der Waals surface area contributed by atoms with Gasteiger partial charge in [0.25, 0.3) is 0 Å². The molecule has 2 rings (SSSR count). The summed E-state index contributed by atoms with van der Waals surface area (Å²) >= 11 is 0. The molecule has 1 aliphatic heterocycles. The molecule has 1 heterocycles. The van der Waals surface area contributed by atoms with Crippen LogP contribution in [0.15, 0.2) is 18.2 Å². The van der Waals surface area contributed by atoms with E-state index in [0.29, 0.717) is 6.42 Å². The highest BCUT2D eigenvalue weighted by atomic mass is 16.2. The number of anilines is 1. The molecule has 0 aromatic heterocycles. The number of hydrogen-bond acceptors (Lipinski definition) is 3. The molecule has 0 aliphatic carbocycles. The number of nitrogens with zero attached hydrogens (tertiary/aromatic N) is 2. The normalized spacial score (nSPS) is 16.0. The second-order valence-corrected chi connectivity index (χ2v) is 5.01.